The van der Waals surface area contributed by atoms with Crippen molar-refractivity contribution in [3.05, 3.63) is 95.1 Å². The van der Waals surface area contributed by atoms with Crippen LogP contribution in [0.4, 0.5) is 0 Å². The van der Waals surface area contributed by atoms with Gasteiger partial charge in [0.05, 0.1) is 11.1 Å². The summed E-state index contributed by atoms with van der Waals surface area (Å²) in [6.45, 7) is 1.35. The molecule has 6 heterocycles. The van der Waals surface area contributed by atoms with Crippen molar-refractivity contribution in [3.63, 3.8) is 0 Å². The number of cyclic esters (lactones) is 2. The van der Waals surface area contributed by atoms with Crippen LogP contribution in [0.3, 0.4) is 0 Å². The summed E-state index contributed by atoms with van der Waals surface area (Å²) in [5.74, 6) is 4.92. The minimum Gasteiger partial charge on any atom is -0.457 e. The predicted octanol–water partition coefficient (Wildman–Crippen LogP) is 7.27. The molecule has 256 valence electrons. The normalized spacial score (nSPS) is 16.1. The molecule has 0 bridgehead atoms. The van der Waals surface area contributed by atoms with Crippen LogP contribution in [-0.2, 0) is 22.7 Å². The van der Waals surface area contributed by atoms with Gasteiger partial charge in [-0.1, -0.05) is 12.1 Å². The van der Waals surface area contributed by atoms with Gasteiger partial charge in [-0.15, -0.1) is 0 Å². The number of benzene rings is 6. The summed E-state index contributed by atoms with van der Waals surface area (Å²) in [7, 11) is 0. The smallest absolute Gasteiger partial charge is 0.339 e. The first-order chi connectivity index (χ1) is 25.6. The molecule has 0 aromatic heterocycles. The molecule has 6 aliphatic rings. The van der Waals surface area contributed by atoms with Gasteiger partial charge in [0.1, 0.15) is 13.2 Å². The quantitative estimate of drug-likeness (QED) is 0.169. The van der Waals surface area contributed by atoms with Gasteiger partial charge in [0.2, 0.25) is 27.2 Å². The fourth-order valence-electron chi connectivity index (χ4n) is 7.53. The van der Waals surface area contributed by atoms with E-state index >= 15 is 0 Å². The molecule has 0 radical (unpaired) electrons. The van der Waals surface area contributed by atoms with E-state index in [0.29, 0.717) is 51.4 Å². The standard InChI is InChI=1S/2C20H12O6/c21-20-13-3-11-5-17-18(26-9-25-17)6-12(11)19(14(13)7-22-20)10-1-2-15-16(4-10)24-8-23-15;21-20-19-12(7-22-20)3-11-5-16-17(26-9-25-16)6-13(11)18(19)10-1-2-14-15(4-10)24-8-23-14/h2*1-6H,7-9H2. The van der Waals surface area contributed by atoms with Crippen molar-refractivity contribution < 1.29 is 57.0 Å². The molecule has 6 aromatic rings. The van der Waals surface area contributed by atoms with E-state index in [-0.39, 0.29) is 52.3 Å². The van der Waals surface area contributed by atoms with E-state index in [1.165, 1.54) is 0 Å². The van der Waals surface area contributed by atoms with Crippen molar-refractivity contribution in [1.29, 1.82) is 0 Å². The van der Waals surface area contributed by atoms with Gasteiger partial charge in [0.15, 0.2) is 46.0 Å². The van der Waals surface area contributed by atoms with Gasteiger partial charge in [-0.25, -0.2) is 9.59 Å². The van der Waals surface area contributed by atoms with E-state index in [1.807, 2.05) is 72.8 Å². The fourth-order valence-corrected chi connectivity index (χ4v) is 7.53. The van der Waals surface area contributed by atoms with E-state index in [1.54, 1.807) is 0 Å². The third kappa shape index (κ3) is 4.33. The Balaban J connectivity index is 0.000000123. The lowest BCUT2D eigenvalue weighted by atomic mass is 9.90. The number of fused-ring (bicyclic) bond motifs is 8. The van der Waals surface area contributed by atoms with Gasteiger partial charge < -0.3 is 47.4 Å². The molecular formula is C40H24O12. The minimum atomic E-state index is -0.313. The Hall–Kier alpha value is -6.82. The summed E-state index contributed by atoms with van der Waals surface area (Å²) in [4.78, 5) is 24.6. The van der Waals surface area contributed by atoms with Crippen molar-refractivity contribution in [1.82, 2.24) is 0 Å². The van der Waals surface area contributed by atoms with Crippen LogP contribution in [0.1, 0.15) is 31.8 Å². The van der Waals surface area contributed by atoms with Crippen LogP contribution in [0, 0.1) is 0 Å². The average Bonchev–Trinajstić information content (AvgIpc) is 4.02. The number of carbonyl (C=O) groups excluding carboxylic acids is 2. The second-order valence-corrected chi connectivity index (χ2v) is 12.7. The van der Waals surface area contributed by atoms with Gasteiger partial charge >= 0.3 is 11.9 Å². The number of hydrogen-bond donors (Lipinski definition) is 0. The molecule has 0 spiro atoms. The Kier molecular flexibility index (Phi) is 6.04. The van der Waals surface area contributed by atoms with Crippen molar-refractivity contribution >= 4 is 33.5 Å². The van der Waals surface area contributed by atoms with Crippen LogP contribution in [0.5, 0.6) is 46.0 Å². The molecule has 6 aliphatic heterocycles. The highest BCUT2D eigenvalue weighted by atomic mass is 16.7. The summed E-state index contributed by atoms with van der Waals surface area (Å²) >= 11 is 0. The van der Waals surface area contributed by atoms with Crippen LogP contribution in [0.25, 0.3) is 43.8 Å². The predicted molar refractivity (Wildman–Crippen MR) is 181 cm³/mol. The fraction of sp³-hybridized carbons (Fsp3) is 0.150. The first-order valence-electron chi connectivity index (χ1n) is 16.5. The SMILES string of the molecule is O=C1OCc2c1cc1cc3c(cc1c2-c1ccc2c(c1)OCO2)OCO3.O=C1OCc2cc3cc4c(cc3c(-c3ccc5c(c3)OCO5)c21)OCO4. The average molecular weight is 697 g/mol. The van der Waals surface area contributed by atoms with E-state index in [0.717, 1.165) is 60.7 Å². The maximum Gasteiger partial charge on any atom is 0.339 e. The van der Waals surface area contributed by atoms with E-state index < -0.39 is 0 Å². The molecule has 0 amide bonds. The zero-order chi connectivity index (χ0) is 34.5. The highest BCUT2D eigenvalue weighted by molar-refractivity contribution is 6.12. The van der Waals surface area contributed by atoms with Crippen LogP contribution in [-0.4, -0.2) is 39.1 Å². The highest BCUT2D eigenvalue weighted by Crippen LogP contribution is 2.47. The van der Waals surface area contributed by atoms with Gasteiger partial charge in [0, 0.05) is 16.7 Å². The number of esters is 2. The van der Waals surface area contributed by atoms with Crippen molar-refractivity contribution in [2.75, 3.05) is 27.2 Å². The Labute approximate surface area is 293 Å². The molecule has 12 rings (SSSR count). The number of rotatable bonds is 2. The van der Waals surface area contributed by atoms with E-state index in [2.05, 4.69) is 0 Å². The molecule has 0 atom stereocenters. The number of carbonyl (C=O) groups is 2. The third-order valence-electron chi connectivity index (χ3n) is 9.91. The first-order valence-corrected chi connectivity index (χ1v) is 16.5. The molecule has 0 saturated heterocycles. The molecule has 0 fully saturated rings. The first kappa shape index (κ1) is 29.0. The van der Waals surface area contributed by atoms with Gasteiger partial charge in [-0.05, 0) is 98.9 Å². The summed E-state index contributed by atoms with van der Waals surface area (Å²) in [5, 5.41) is 3.76. The third-order valence-corrected chi connectivity index (χ3v) is 9.91. The lowest BCUT2D eigenvalue weighted by Gasteiger charge is -2.13. The van der Waals surface area contributed by atoms with Crippen LogP contribution >= 0.6 is 0 Å². The lowest BCUT2D eigenvalue weighted by molar-refractivity contribution is 0.0526. The van der Waals surface area contributed by atoms with Crippen molar-refractivity contribution in [3.8, 4) is 68.2 Å². The summed E-state index contributed by atoms with van der Waals surface area (Å²) < 4.78 is 54.5. The Bertz CT molecular complexity index is 2590. The monoisotopic (exact) mass is 696 g/mol. The Morgan fingerprint density at radius 1 is 0.385 bits per heavy atom. The molecule has 0 N–H and O–H groups in total. The highest BCUT2D eigenvalue weighted by Gasteiger charge is 2.31. The van der Waals surface area contributed by atoms with Gasteiger partial charge in [-0.2, -0.15) is 0 Å². The maximum atomic E-state index is 12.4. The lowest BCUT2D eigenvalue weighted by Crippen LogP contribution is -1.99. The van der Waals surface area contributed by atoms with Crippen molar-refractivity contribution in [2.24, 2.45) is 0 Å². The molecule has 6 aromatic carbocycles. The molecular weight excluding hydrogens is 672 g/mol. The van der Waals surface area contributed by atoms with Gasteiger partial charge in [-0.3, -0.25) is 0 Å². The van der Waals surface area contributed by atoms with Gasteiger partial charge in [0.25, 0.3) is 0 Å². The van der Waals surface area contributed by atoms with E-state index in [9.17, 15) is 9.59 Å². The second-order valence-electron chi connectivity index (χ2n) is 12.7. The molecule has 52 heavy (non-hydrogen) atoms. The molecule has 0 unspecified atom stereocenters. The molecule has 12 heteroatoms. The van der Waals surface area contributed by atoms with Crippen LogP contribution in [0.2, 0.25) is 0 Å². The Morgan fingerprint density at radius 3 is 1.48 bits per heavy atom. The number of hydrogen-bond acceptors (Lipinski definition) is 12. The zero-order valence-electron chi connectivity index (χ0n) is 27.1. The summed E-state index contributed by atoms with van der Waals surface area (Å²) in [5.41, 5.74) is 6.49. The molecule has 0 saturated carbocycles. The molecule has 0 aliphatic carbocycles. The number of ether oxygens (including phenoxy) is 10. The van der Waals surface area contributed by atoms with Crippen LogP contribution < -0.4 is 37.9 Å². The zero-order valence-corrected chi connectivity index (χ0v) is 27.1. The summed E-state index contributed by atoms with van der Waals surface area (Å²) in [6, 6.07) is 23.0. The topological polar surface area (TPSA) is 126 Å². The largest absolute Gasteiger partial charge is 0.457 e. The van der Waals surface area contributed by atoms with E-state index in [4.69, 9.17) is 47.4 Å². The molecule has 12 nitrogen and oxygen atoms in total. The maximum absolute atomic E-state index is 12.4. The Morgan fingerprint density at radius 2 is 0.865 bits per heavy atom. The second kappa shape index (κ2) is 10.8. The van der Waals surface area contributed by atoms with Crippen LogP contribution in [0.15, 0.2) is 72.8 Å². The minimum absolute atomic E-state index is 0.201. The summed E-state index contributed by atoms with van der Waals surface area (Å²) in [6.07, 6.45) is 0. The van der Waals surface area contributed by atoms with Crippen molar-refractivity contribution in [2.45, 2.75) is 13.2 Å².